The van der Waals surface area contributed by atoms with Crippen LogP contribution in [0.4, 0.5) is 23.1 Å². The minimum Gasteiger partial charge on any atom is -0.387 e. The lowest BCUT2D eigenvalue weighted by atomic mass is 9.98. The Bertz CT molecular complexity index is 1510. The number of carbonyl (C=O) groups is 1. The van der Waals surface area contributed by atoms with Crippen molar-refractivity contribution in [1.82, 2.24) is 29.6 Å². The van der Waals surface area contributed by atoms with E-state index in [0.717, 1.165) is 39.7 Å². The molecule has 5 N–H and O–H groups in total. The van der Waals surface area contributed by atoms with Gasteiger partial charge in [-0.3, -0.25) is 14.5 Å². The second-order valence-corrected chi connectivity index (χ2v) is 9.34. The molecule has 184 valence electrons. The highest BCUT2D eigenvalue weighted by Crippen LogP contribution is 2.37. The van der Waals surface area contributed by atoms with Crippen molar-refractivity contribution in [2.75, 3.05) is 36.5 Å². The van der Waals surface area contributed by atoms with Crippen molar-refractivity contribution in [1.29, 1.82) is 0 Å². The van der Waals surface area contributed by atoms with E-state index < -0.39 is 6.10 Å². The molecule has 0 saturated heterocycles. The average Bonchev–Trinajstić information content (AvgIpc) is 3.17. The van der Waals surface area contributed by atoms with Crippen molar-refractivity contribution in [3.05, 3.63) is 47.5 Å². The molecule has 4 aromatic heterocycles. The molecule has 0 radical (unpaired) electrons. The van der Waals surface area contributed by atoms with Crippen LogP contribution in [0.25, 0.3) is 22.0 Å². The number of carbonyl (C=O) groups excluding carboxylic acids is 1. The van der Waals surface area contributed by atoms with Gasteiger partial charge < -0.3 is 26.4 Å². The number of aliphatic hydroxyl groups excluding tert-OH is 1. The van der Waals surface area contributed by atoms with E-state index in [1.54, 1.807) is 22.0 Å². The molecule has 6 rings (SSSR count). The third-order valence-electron chi connectivity index (χ3n) is 6.96. The predicted octanol–water partition coefficient (Wildman–Crippen LogP) is 2.39. The van der Waals surface area contributed by atoms with Gasteiger partial charge in [0.15, 0.2) is 5.82 Å². The molecule has 0 bridgehead atoms. The first-order valence-corrected chi connectivity index (χ1v) is 11.9. The number of aliphatic hydroxyl groups is 1. The van der Waals surface area contributed by atoms with Gasteiger partial charge in [0.1, 0.15) is 18.2 Å². The molecule has 0 aliphatic carbocycles. The Balaban J connectivity index is 1.34. The maximum atomic E-state index is 12.2. The van der Waals surface area contributed by atoms with Gasteiger partial charge in [-0.05, 0) is 36.4 Å². The van der Waals surface area contributed by atoms with Crippen LogP contribution in [0.3, 0.4) is 0 Å². The zero-order chi connectivity index (χ0) is 25.0. The summed E-state index contributed by atoms with van der Waals surface area (Å²) in [6, 6.07) is 5.82. The summed E-state index contributed by atoms with van der Waals surface area (Å²) in [4.78, 5) is 27.5. The summed E-state index contributed by atoms with van der Waals surface area (Å²) in [5.41, 5.74) is 11.4. The quantitative estimate of drug-likeness (QED) is 0.343. The Hall–Kier alpha value is -4.25. The fourth-order valence-electron chi connectivity index (χ4n) is 4.85. The maximum Gasteiger partial charge on any atom is 0.244 e. The van der Waals surface area contributed by atoms with Gasteiger partial charge in [-0.2, -0.15) is 5.10 Å². The molecule has 0 fully saturated rings. The minimum atomic E-state index is -0.569. The van der Waals surface area contributed by atoms with E-state index in [4.69, 9.17) is 5.73 Å². The Morgan fingerprint density at radius 3 is 2.92 bits per heavy atom. The molecule has 1 atom stereocenters. The van der Waals surface area contributed by atoms with Crippen LogP contribution in [0.1, 0.15) is 29.5 Å². The molecular formula is C25H27N9O2. The van der Waals surface area contributed by atoms with E-state index in [2.05, 4.69) is 30.7 Å². The first kappa shape index (κ1) is 22.2. The Kier molecular flexibility index (Phi) is 5.22. The highest BCUT2D eigenvalue weighted by molar-refractivity contribution is 5.95. The number of nitrogens with zero attached hydrogens (tertiary/aromatic N) is 6. The zero-order valence-electron chi connectivity index (χ0n) is 20.1. The third-order valence-corrected chi connectivity index (χ3v) is 6.96. The lowest BCUT2D eigenvalue weighted by Crippen LogP contribution is -2.29. The number of aromatic nitrogens is 5. The molecule has 1 amide bonds. The van der Waals surface area contributed by atoms with Gasteiger partial charge in [0.2, 0.25) is 5.91 Å². The van der Waals surface area contributed by atoms with E-state index >= 15 is 0 Å². The van der Waals surface area contributed by atoms with Gasteiger partial charge in [0, 0.05) is 61.7 Å². The van der Waals surface area contributed by atoms with Crippen LogP contribution in [0.2, 0.25) is 0 Å². The van der Waals surface area contributed by atoms with Crippen molar-refractivity contribution in [3.63, 3.8) is 0 Å². The van der Waals surface area contributed by atoms with Gasteiger partial charge in [0.05, 0.1) is 23.2 Å². The number of rotatable bonds is 3. The largest absolute Gasteiger partial charge is 0.387 e. The van der Waals surface area contributed by atoms with Crippen molar-refractivity contribution in [3.8, 4) is 11.3 Å². The maximum absolute atomic E-state index is 12.2. The predicted molar refractivity (Wildman–Crippen MR) is 137 cm³/mol. The van der Waals surface area contributed by atoms with Crippen LogP contribution < -0.4 is 16.4 Å². The molecule has 4 aromatic rings. The van der Waals surface area contributed by atoms with E-state index in [1.165, 1.54) is 0 Å². The van der Waals surface area contributed by atoms with E-state index in [-0.39, 0.29) is 12.5 Å². The molecule has 0 spiro atoms. The Morgan fingerprint density at radius 2 is 2.06 bits per heavy atom. The second-order valence-electron chi connectivity index (χ2n) is 9.34. The number of hydrogen-bond acceptors (Lipinski definition) is 9. The molecular weight excluding hydrogens is 458 g/mol. The normalized spacial score (nSPS) is 17.4. The van der Waals surface area contributed by atoms with Crippen LogP contribution >= 0.6 is 0 Å². The standard InChI is InChI=1S/C25H27N9O2/c1-13-16(10-29-24-19(35)3-5-27-23(13)24)18-7-14-8-20(28-11-17(14)25(26)30-18)31-21-9-15-4-6-33(2)22(36)12-34(15)32-21/h7-11,19,27,35H,3-6,12H2,1-2H3,(H2,26,30)(H,28,31,32)/t19-/m1/s1. The van der Waals surface area contributed by atoms with Gasteiger partial charge in [-0.15, -0.1) is 0 Å². The fourth-order valence-corrected chi connectivity index (χ4v) is 4.85. The number of likely N-dealkylation sites (N-methyl/N-ethyl adjacent to an activating group) is 1. The molecule has 0 unspecified atom stereocenters. The highest BCUT2D eigenvalue weighted by atomic mass is 16.3. The van der Waals surface area contributed by atoms with Crippen LogP contribution in [0, 0.1) is 6.92 Å². The van der Waals surface area contributed by atoms with Gasteiger partial charge in [0.25, 0.3) is 0 Å². The van der Waals surface area contributed by atoms with Crippen LogP contribution in [0.5, 0.6) is 0 Å². The van der Waals surface area contributed by atoms with Gasteiger partial charge in [-0.1, -0.05) is 0 Å². The second kappa shape index (κ2) is 8.45. The number of nitrogen functional groups attached to an aromatic ring is 1. The first-order valence-electron chi connectivity index (χ1n) is 11.9. The van der Waals surface area contributed by atoms with Crippen LogP contribution in [-0.2, 0) is 17.8 Å². The molecule has 0 aromatic carbocycles. The molecule has 2 aliphatic rings. The molecule has 2 aliphatic heterocycles. The topological polar surface area (TPSA) is 147 Å². The smallest absolute Gasteiger partial charge is 0.244 e. The summed E-state index contributed by atoms with van der Waals surface area (Å²) in [7, 11) is 1.81. The number of amides is 1. The van der Waals surface area contributed by atoms with Crippen molar-refractivity contribution in [2.45, 2.75) is 32.4 Å². The first-order chi connectivity index (χ1) is 17.4. The lowest BCUT2D eigenvalue weighted by Gasteiger charge is -2.24. The van der Waals surface area contributed by atoms with Crippen LogP contribution in [0.15, 0.2) is 30.6 Å². The Labute approximate surface area is 207 Å². The molecule has 11 heteroatoms. The van der Waals surface area contributed by atoms with Gasteiger partial charge in [-0.25, -0.2) is 9.97 Å². The number of pyridine rings is 3. The summed E-state index contributed by atoms with van der Waals surface area (Å²) in [5, 5.41) is 23.1. The van der Waals surface area contributed by atoms with E-state index in [0.29, 0.717) is 48.4 Å². The molecule has 0 saturated carbocycles. The molecule has 11 nitrogen and oxygen atoms in total. The third kappa shape index (κ3) is 3.77. The summed E-state index contributed by atoms with van der Waals surface area (Å²) < 4.78 is 1.74. The van der Waals surface area contributed by atoms with E-state index in [9.17, 15) is 9.90 Å². The Morgan fingerprint density at radius 1 is 1.19 bits per heavy atom. The average molecular weight is 486 g/mol. The summed E-state index contributed by atoms with van der Waals surface area (Å²) in [6.07, 6.45) is 4.25. The summed E-state index contributed by atoms with van der Waals surface area (Å²) in [5.74, 6) is 1.67. The number of nitrogens with one attached hydrogen (secondary N) is 2. The monoisotopic (exact) mass is 485 g/mol. The molecule has 6 heterocycles. The lowest BCUT2D eigenvalue weighted by molar-refractivity contribution is -0.130. The minimum absolute atomic E-state index is 0.0411. The highest BCUT2D eigenvalue weighted by Gasteiger charge is 2.23. The SMILES string of the molecule is Cc1c(-c2cc3cc(Nc4cc5n(n4)CC(=O)N(C)CC5)ncc3c(N)n2)cnc2c1NCC[C@H]2O. The zero-order valence-corrected chi connectivity index (χ0v) is 20.1. The number of anilines is 4. The summed E-state index contributed by atoms with van der Waals surface area (Å²) >= 11 is 0. The number of hydrogen-bond donors (Lipinski definition) is 4. The fraction of sp³-hybridized carbons (Fsp3) is 0.320. The number of fused-ring (bicyclic) bond motifs is 3. The van der Waals surface area contributed by atoms with Crippen molar-refractivity contribution in [2.24, 2.45) is 0 Å². The van der Waals surface area contributed by atoms with E-state index in [1.807, 2.05) is 32.2 Å². The van der Waals surface area contributed by atoms with Crippen molar-refractivity contribution >= 4 is 39.8 Å². The van der Waals surface area contributed by atoms with Crippen molar-refractivity contribution < 1.29 is 9.90 Å². The number of nitrogens with two attached hydrogens (primary N) is 1. The molecule has 36 heavy (non-hydrogen) atoms. The summed E-state index contributed by atoms with van der Waals surface area (Å²) in [6.45, 7) is 3.58. The van der Waals surface area contributed by atoms with Crippen LogP contribution in [-0.4, -0.2) is 60.8 Å². The van der Waals surface area contributed by atoms with Gasteiger partial charge >= 0.3 is 0 Å².